The van der Waals surface area contributed by atoms with Crippen LogP contribution in [-0.2, 0) is 9.57 Å². The Morgan fingerprint density at radius 3 is 2.47 bits per heavy atom. The number of nitro groups is 1. The zero-order valence-corrected chi connectivity index (χ0v) is 36.1. The molecule has 1 saturated carbocycles. The first-order chi connectivity index (χ1) is 29.9. The van der Waals surface area contributed by atoms with Crippen molar-refractivity contribution in [3.05, 3.63) is 106 Å². The van der Waals surface area contributed by atoms with Gasteiger partial charge in [0, 0.05) is 49.3 Å². The van der Waals surface area contributed by atoms with E-state index in [4.69, 9.17) is 33.7 Å². The number of aliphatic hydroxyl groups excluding tert-OH is 2. The van der Waals surface area contributed by atoms with Gasteiger partial charge in [-0.1, -0.05) is 43.1 Å². The molecule has 14 heteroatoms. The van der Waals surface area contributed by atoms with Gasteiger partial charge in [0.25, 0.3) is 11.6 Å². The van der Waals surface area contributed by atoms with E-state index in [1.165, 1.54) is 12.1 Å². The Morgan fingerprint density at radius 1 is 1.00 bits per heavy atom. The van der Waals surface area contributed by atoms with E-state index in [0.29, 0.717) is 65.8 Å². The second-order valence-corrected chi connectivity index (χ2v) is 17.4. The normalized spacial score (nSPS) is 24.0. The first kappa shape index (κ1) is 44.6. The van der Waals surface area contributed by atoms with Crippen molar-refractivity contribution in [1.82, 2.24) is 4.90 Å². The van der Waals surface area contributed by atoms with Crippen LogP contribution in [0.1, 0.15) is 101 Å². The Morgan fingerprint density at radius 2 is 1.74 bits per heavy atom. The summed E-state index contributed by atoms with van der Waals surface area (Å²) in [6, 6.07) is 16.2. The van der Waals surface area contributed by atoms with Crippen molar-refractivity contribution in [3.8, 4) is 28.7 Å². The molecular weight excluding hydrogens is 795 g/mol. The number of non-ortho nitro benzene ring substituents is 1. The van der Waals surface area contributed by atoms with E-state index in [1.807, 2.05) is 44.7 Å². The molecule has 332 valence electrons. The van der Waals surface area contributed by atoms with Crippen LogP contribution in [0.5, 0.6) is 28.7 Å². The maximum absolute atomic E-state index is 15.1. The largest absolute Gasteiger partial charge is 0.459 e. The minimum atomic E-state index is -1.45. The van der Waals surface area contributed by atoms with Gasteiger partial charge in [0.05, 0.1) is 29.2 Å². The molecule has 0 radical (unpaired) electrons. The Bertz CT molecular complexity index is 2170. The Balaban J connectivity index is 1.45. The molecule has 2 aliphatic carbocycles. The lowest BCUT2D eigenvalue weighted by molar-refractivity contribution is -0.384. The van der Waals surface area contributed by atoms with Crippen molar-refractivity contribution in [2.24, 2.45) is 22.9 Å². The van der Waals surface area contributed by atoms with Crippen LogP contribution in [-0.4, -0.2) is 82.2 Å². The summed E-state index contributed by atoms with van der Waals surface area (Å²) in [5.74, 6) is -0.0691. The average Bonchev–Trinajstić information content (AvgIpc) is 3.73. The number of carbonyl (C=O) groups excluding carboxylic acids is 1. The highest BCUT2D eigenvalue weighted by atomic mass is 16.7. The fourth-order valence-electron chi connectivity index (χ4n) is 9.54. The maximum atomic E-state index is 15.1. The summed E-state index contributed by atoms with van der Waals surface area (Å²) in [4.78, 5) is 34.4. The number of hydrogen-bond acceptors (Lipinski definition) is 12. The van der Waals surface area contributed by atoms with E-state index in [-0.39, 0.29) is 62.4 Å². The predicted molar refractivity (Wildman–Crippen MR) is 233 cm³/mol. The molecule has 2 aliphatic heterocycles. The van der Waals surface area contributed by atoms with Crippen molar-refractivity contribution in [2.75, 3.05) is 33.2 Å². The Labute approximate surface area is 363 Å². The molecule has 7 rings (SSSR count). The summed E-state index contributed by atoms with van der Waals surface area (Å²) >= 11 is 0. The third-order valence-electron chi connectivity index (χ3n) is 12.1. The van der Waals surface area contributed by atoms with Gasteiger partial charge < -0.3 is 43.6 Å². The van der Waals surface area contributed by atoms with Crippen molar-refractivity contribution < 1.29 is 48.5 Å². The zero-order chi connectivity index (χ0) is 44.0. The van der Waals surface area contributed by atoms with Gasteiger partial charge in [0.1, 0.15) is 28.9 Å². The number of amides is 1. The van der Waals surface area contributed by atoms with E-state index in [0.717, 1.165) is 36.8 Å². The number of rotatable bonds is 19. The number of nitro benzene ring substituents is 1. The highest BCUT2D eigenvalue weighted by Crippen LogP contribution is 2.62. The van der Waals surface area contributed by atoms with Crippen LogP contribution in [0.3, 0.4) is 0 Å². The summed E-state index contributed by atoms with van der Waals surface area (Å²) in [7, 11) is 0. The number of carbonyl (C=O) groups is 1. The highest BCUT2D eigenvalue weighted by molar-refractivity contribution is 6.03. The number of unbranched alkanes of at least 4 members (excludes halogenated alkanes) is 2. The molecule has 0 bridgehead atoms. The van der Waals surface area contributed by atoms with Gasteiger partial charge in [-0.25, -0.2) is 0 Å². The number of ether oxygens (including phenoxy) is 5. The van der Waals surface area contributed by atoms with Crippen molar-refractivity contribution in [2.45, 2.75) is 102 Å². The monoisotopic (exact) mass is 853 g/mol. The Kier molecular flexibility index (Phi) is 13.9. The lowest BCUT2D eigenvalue weighted by Crippen LogP contribution is -2.70. The summed E-state index contributed by atoms with van der Waals surface area (Å²) in [6.07, 6.45) is 9.24. The average molecular weight is 854 g/mol. The fourth-order valence-corrected chi connectivity index (χ4v) is 9.54. The van der Waals surface area contributed by atoms with Gasteiger partial charge in [-0.15, -0.1) is 6.58 Å². The van der Waals surface area contributed by atoms with Crippen LogP contribution < -0.4 is 18.9 Å². The van der Waals surface area contributed by atoms with Crippen molar-refractivity contribution in [3.63, 3.8) is 0 Å². The molecule has 1 amide bonds. The molecule has 2 heterocycles. The van der Waals surface area contributed by atoms with Crippen LogP contribution in [0.2, 0.25) is 0 Å². The second kappa shape index (κ2) is 19.3. The predicted octanol–water partition coefficient (Wildman–Crippen LogP) is 9.10. The molecule has 0 spiro atoms. The standard InChI is InChI=1S/C48H59N3O11/c1-6-21-50(46(54)32-17-19-41-42(26-32)58-30-57-41)43-29-39(49-62-47(3,4)5)37-25-31(13-8-10-22-52)36(16-9-11-23-53)44-38-28-35(60-34-15-12-14-33(27-34)51(55)56)18-20-40(38)61-48(43,45(37)44)59-24-7-2/h7,12,14-15,17-20,25-28,31,36,43-45,52-53H,2,6,8-11,13,16,21-24,29-30H2,1,3-5H3. The lowest BCUT2D eigenvalue weighted by atomic mass is 9.55. The van der Waals surface area contributed by atoms with Gasteiger partial charge in [-0.05, 0) is 113 Å². The number of oxime groups is 1. The van der Waals surface area contributed by atoms with Gasteiger partial charge >= 0.3 is 0 Å². The summed E-state index contributed by atoms with van der Waals surface area (Å²) < 4.78 is 32.1. The number of benzene rings is 3. The van der Waals surface area contributed by atoms with Gasteiger partial charge in [0.2, 0.25) is 12.6 Å². The Hall–Kier alpha value is -5.44. The van der Waals surface area contributed by atoms with Crippen molar-refractivity contribution >= 4 is 17.3 Å². The number of aliphatic hydroxyl groups is 2. The number of hydrogen-bond donors (Lipinski definition) is 2. The molecule has 62 heavy (non-hydrogen) atoms. The van der Waals surface area contributed by atoms with E-state index in [1.54, 1.807) is 42.5 Å². The summed E-state index contributed by atoms with van der Waals surface area (Å²) in [5.41, 5.74) is 2.18. The molecule has 3 aromatic rings. The van der Waals surface area contributed by atoms with E-state index < -0.39 is 28.3 Å². The zero-order valence-electron chi connectivity index (χ0n) is 36.1. The molecule has 2 N–H and O–H groups in total. The topological polar surface area (TPSA) is 172 Å². The summed E-state index contributed by atoms with van der Waals surface area (Å²) in [6.45, 7) is 12.6. The van der Waals surface area contributed by atoms with Crippen LogP contribution in [0.15, 0.2) is 90.1 Å². The SMILES string of the molecule is C=CCOC12Oc3ccc(Oc4cccc([N+](=O)[O-])c4)cc3C3C(CCCCO)C(CCCCO)C=C(C(=NOC(C)(C)C)CC1N(CCC)C(=O)c1ccc4c(c1)OCO4)C32. The maximum Gasteiger partial charge on any atom is 0.273 e. The van der Waals surface area contributed by atoms with Crippen molar-refractivity contribution in [1.29, 1.82) is 0 Å². The first-order valence-electron chi connectivity index (χ1n) is 21.8. The number of fused-ring (bicyclic) bond motifs is 3. The van der Waals surface area contributed by atoms with Crippen LogP contribution in [0.25, 0.3) is 0 Å². The molecule has 6 unspecified atom stereocenters. The van der Waals surface area contributed by atoms with E-state index >= 15 is 4.79 Å². The van der Waals surface area contributed by atoms with Crippen LogP contribution in [0.4, 0.5) is 5.69 Å². The quantitative estimate of drug-likeness (QED) is 0.0510. The highest BCUT2D eigenvalue weighted by Gasteiger charge is 2.65. The molecule has 3 aromatic carbocycles. The molecular formula is C48H59N3O11. The molecule has 14 nitrogen and oxygen atoms in total. The minimum absolute atomic E-state index is 0.0101. The van der Waals surface area contributed by atoms with Gasteiger partial charge in [-0.2, -0.15) is 0 Å². The molecule has 1 fully saturated rings. The molecule has 6 atom stereocenters. The third-order valence-corrected chi connectivity index (χ3v) is 12.1. The lowest BCUT2D eigenvalue weighted by Gasteiger charge is -2.60. The fraction of sp³-hybridized carbons (Fsp3) is 0.500. The number of nitrogens with zero attached hydrogens (tertiary/aromatic N) is 3. The second-order valence-electron chi connectivity index (χ2n) is 17.4. The van der Waals surface area contributed by atoms with Crippen LogP contribution >= 0.6 is 0 Å². The third kappa shape index (κ3) is 9.32. The van der Waals surface area contributed by atoms with Crippen LogP contribution in [0, 0.1) is 27.9 Å². The smallest absolute Gasteiger partial charge is 0.273 e. The van der Waals surface area contributed by atoms with E-state index in [2.05, 4.69) is 12.7 Å². The summed E-state index contributed by atoms with van der Waals surface area (Å²) in [5, 5.41) is 36.5. The first-order valence-corrected chi connectivity index (χ1v) is 21.8. The molecule has 0 aromatic heterocycles. The molecule has 4 aliphatic rings. The minimum Gasteiger partial charge on any atom is -0.459 e. The van der Waals surface area contributed by atoms with Gasteiger partial charge in [-0.3, -0.25) is 14.9 Å². The molecule has 0 saturated heterocycles. The number of allylic oxidation sites excluding steroid dienone is 1. The van der Waals surface area contributed by atoms with Gasteiger partial charge in [0.15, 0.2) is 11.5 Å². The van der Waals surface area contributed by atoms with E-state index in [9.17, 15) is 20.3 Å².